The SMILES string of the molecule is Cc1cc(-c2ccc(C34CC5CC(CC(C5)C3)C4)cc2)cc2oc3ccccc3c12. The molecule has 1 nitrogen and oxygen atoms in total. The highest BCUT2D eigenvalue weighted by atomic mass is 16.3. The van der Waals surface area contributed by atoms with Crippen molar-refractivity contribution in [2.45, 2.75) is 50.9 Å². The molecule has 150 valence electrons. The molecule has 1 heterocycles. The Kier molecular flexibility index (Phi) is 3.44. The minimum absolute atomic E-state index is 0.478. The van der Waals surface area contributed by atoms with Gasteiger partial charge in [0.2, 0.25) is 0 Å². The molecule has 4 saturated carbocycles. The fourth-order valence-corrected chi connectivity index (χ4v) is 7.71. The number of benzene rings is 3. The minimum Gasteiger partial charge on any atom is -0.456 e. The van der Waals surface area contributed by atoms with Gasteiger partial charge in [-0.3, -0.25) is 0 Å². The van der Waals surface area contributed by atoms with Gasteiger partial charge in [0.25, 0.3) is 0 Å². The molecule has 0 spiro atoms. The predicted octanol–water partition coefficient (Wildman–Crippen LogP) is 8.03. The van der Waals surface area contributed by atoms with Gasteiger partial charge in [0.1, 0.15) is 11.2 Å². The van der Waals surface area contributed by atoms with Crippen LogP contribution in [0.3, 0.4) is 0 Å². The van der Waals surface area contributed by atoms with Crippen molar-refractivity contribution in [3.05, 3.63) is 71.8 Å². The maximum Gasteiger partial charge on any atom is 0.136 e. The lowest BCUT2D eigenvalue weighted by atomic mass is 9.48. The Bertz CT molecular complexity index is 1240. The summed E-state index contributed by atoms with van der Waals surface area (Å²) in [4.78, 5) is 0. The number of fused-ring (bicyclic) bond motifs is 3. The van der Waals surface area contributed by atoms with Gasteiger partial charge >= 0.3 is 0 Å². The maximum absolute atomic E-state index is 6.18. The first-order valence-corrected chi connectivity index (χ1v) is 11.7. The summed E-state index contributed by atoms with van der Waals surface area (Å²) >= 11 is 0. The van der Waals surface area contributed by atoms with Crippen LogP contribution in [0, 0.1) is 24.7 Å². The summed E-state index contributed by atoms with van der Waals surface area (Å²) in [7, 11) is 0. The van der Waals surface area contributed by atoms with Crippen molar-refractivity contribution >= 4 is 21.9 Å². The van der Waals surface area contributed by atoms with E-state index in [1.807, 2.05) is 6.07 Å². The fourth-order valence-electron chi connectivity index (χ4n) is 7.71. The van der Waals surface area contributed by atoms with Gasteiger partial charge in [-0.2, -0.15) is 0 Å². The lowest BCUT2D eigenvalue weighted by Crippen LogP contribution is -2.48. The smallest absolute Gasteiger partial charge is 0.136 e. The first-order chi connectivity index (χ1) is 14.7. The number of furan rings is 1. The molecule has 4 aliphatic carbocycles. The standard InChI is InChI=1S/C29H28O/c1-18-10-23(14-27-28(18)25-4-2-3-5-26(25)30-27)22-6-8-24(9-7-22)29-15-19-11-20(16-29)13-21(12-19)17-29/h2-10,14,19-21H,11-13,15-17H2,1H3. The van der Waals surface area contributed by atoms with E-state index in [9.17, 15) is 0 Å². The van der Waals surface area contributed by atoms with Gasteiger partial charge in [0.05, 0.1) is 0 Å². The van der Waals surface area contributed by atoms with E-state index in [4.69, 9.17) is 4.42 Å². The van der Waals surface area contributed by atoms with Gasteiger partial charge in [0.15, 0.2) is 0 Å². The Morgan fingerprint density at radius 1 is 0.733 bits per heavy atom. The minimum atomic E-state index is 0.478. The Labute approximate surface area is 178 Å². The van der Waals surface area contributed by atoms with E-state index in [0.717, 1.165) is 28.9 Å². The molecule has 3 aromatic carbocycles. The second kappa shape index (κ2) is 6.00. The van der Waals surface area contributed by atoms with Crippen LogP contribution in [-0.2, 0) is 5.41 Å². The van der Waals surface area contributed by atoms with E-state index in [-0.39, 0.29) is 0 Å². The summed E-state index contributed by atoms with van der Waals surface area (Å²) in [5, 5.41) is 2.47. The van der Waals surface area contributed by atoms with E-state index in [0.29, 0.717) is 5.41 Å². The van der Waals surface area contributed by atoms with Gasteiger partial charge in [-0.15, -0.1) is 0 Å². The third-order valence-electron chi connectivity index (χ3n) is 8.54. The molecule has 0 radical (unpaired) electrons. The van der Waals surface area contributed by atoms with Crippen LogP contribution in [0.1, 0.15) is 49.7 Å². The molecular weight excluding hydrogens is 364 g/mol. The number of aryl methyl sites for hydroxylation is 1. The van der Waals surface area contributed by atoms with Gasteiger partial charge < -0.3 is 4.42 Å². The highest BCUT2D eigenvalue weighted by Gasteiger charge is 2.51. The average Bonchev–Trinajstić information content (AvgIpc) is 3.12. The summed E-state index contributed by atoms with van der Waals surface area (Å²) in [6.07, 6.45) is 8.82. The summed E-state index contributed by atoms with van der Waals surface area (Å²) in [5.41, 5.74) is 7.90. The Morgan fingerprint density at radius 2 is 1.40 bits per heavy atom. The average molecular weight is 393 g/mol. The van der Waals surface area contributed by atoms with E-state index in [2.05, 4.69) is 61.5 Å². The number of hydrogen-bond donors (Lipinski definition) is 0. The molecule has 1 aromatic heterocycles. The molecule has 4 aromatic rings. The molecule has 0 amide bonds. The molecule has 1 heteroatoms. The van der Waals surface area contributed by atoms with Crippen LogP contribution in [0.25, 0.3) is 33.1 Å². The van der Waals surface area contributed by atoms with Crippen LogP contribution in [0.4, 0.5) is 0 Å². The van der Waals surface area contributed by atoms with Crippen LogP contribution >= 0.6 is 0 Å². The van der Waals surface area contributed by atoms with Gasteiger partial charge in [0, 0.05) is 10.8 Å². The second-order valence-corrected chi connectivity index (χ2v) is 10.5. The van der Waals surface area contributed by atoms with Crippen molar-refractivity contribution in [3.63, 3.8) is 0 Å². The van der Waals surface area contributed by atoms with Crippen molar-refractivity contribution in [1.29, 1.82) is 0 Å². The largest absolute Gasteiger partial charge is 0.456 e. The maximum atomic E-state index is 6.18. The summed E-state index contributed by atoms with van der Waals surface area (Å²) in [5.74, 6) is 2.98. The van der Waals surface area contributed by atoms with E-state index in [1.165, 1.54) is 66.0 Å². The quantitative estimate of drug-likeness (QED) is 0.336. The molecule has 8 rings (SSSR count). The number of hydrogen-bond acceptors (Lipinski definition) is 1. The van der Waals surface area contributed by atoms with Crippen LogP contribution in [0.15, 0.2) is 65.1 Å². The third kappa shape index (κ3) is 2.41. The molecule has 0 atom stereocenters. The van der Waals surface area contributed by atoms with Crippen molar-refractivity contribution in [3.8, 4) is 11.1 Å². The number of para-hydroxylation sites is 1. The van der Waals surface area contributed by atoms with E-state index >= 15 is 0 Å². The normalized spacial score (nSPS) is 29.8. The summed E-state index contributed by atoms with van der Waals surface area (Å²) in [6, 6.07) is 22.5. The van der Waals surface area contributed by atoms with Crippen molar-refractivity contribution < 1.29 is 4.42 Å². The lowest BCUT2D eigenvalue weighted by molar-refractivity contribution is -0.00518. The molecule has 0 aliphatic heterocycles. The molecule has 4 fully saturated rings. The Morgan fingerprint density at radius 3 is 2.10 bits per heavy atom. The first-order valence-electron chi connectivity index (χ1n) is 11.7. The highest BCUT2D eigenvalue weighted by Crippen LogP contribution is 2.60. The van der Waals surface area contributed by atoms with Gasteiger partial charge in [-0.1, -0.05) is 48.5 Å². The van der Waals surface area contributed by atoms with Crippen molar-refractivity contribution in [2.75, 3.05) is 0 Å². The van der Waals surface area contributed by atoms with Crippen LogP contribution in [0.2, 0.25) is 0 Å². The van der Waals surface area contributed by atoms with Crippen LogP contribution in [0.5, 0.6) is 0 Å². The monoisotopic (exact) mass is 392 g/mol. The summed E-state index contributed by atoms with van der Waals surface area (Å²) in [6.45, 7) is 2.21. The predicted molar refractivity (Wildman–Crippen MR) is 124 cm³/mol. The zero-order chi connectivity index (χ0) is 19.9. The Balaban J connectivity index is 1.28. The van der Waals surface area contributed by atoms with Crippen molar-refractivity contribution in [1.82, 2.24) is 0 Å². The third-order valence-corrected chi connectivity index (χ3v) is 8.54. The molecule has 0 saturated heterocycles. The van der Waals surface area contributed by atoms with E-state index in [1.54, 1.807) is 5.56 Å². The molecule has 4 bridgehead atoms. The van der Waals surface area contributed by atoms with Crippen molar-refractivity contribution in [2.24, 2.45) is 17.8 Å². The molecule has 0 N–H and O–H groups in total. The van der Waals surface area contributed by atoms with E-state index < -0.39 is 0 Å². The van der Waals surface area contributed by atoms with Crippen LogP contribution < -0.4 is 0 Å². The fraction of sp³-hybridized carbons (Fsp3) is 0.379. The van der Waals surface area contributed by atoms with Gasteiger partial charge in [-0.05, 0) is 103 Å². The zero-order valence-corrected chi connectivity index (χ0v) is 17.7. The first kappa shape index (κ1) is 17.2. The van der Waals surface area contributed by atoms with Gasteiger partial charge in [-0.25, -0.2) is 0 Å². The molecule has 30 heavy (non-hydrogen) atoms. The highest BCUT2D eigenvalue weighted by molar-refractivity contribution is 6.07. The molecular formula is C29H28O. The summed E-state index contributed by atoms with van der Waals surface area (Å²) < 4.78 is 6.18. The number of rotatable bonds is 2. The lowest BCUT2D eigenvalue weighted by Gasteiger charge is -2.57. The molecule has 4 aliphatic rings. The van der Waals surface area contributed by atoms with Crippen LogP contribution in [-0.4, -0.2) is 0 Å². The topological polar surface area (TPSA) is 13.1 Å². The zero-order valence-electron chi connectivity index (χ0n) is 17.7. The molecule has 0 unspecified atom stereocenters. The second-order valence-electron chi connectivity index (χ2n) is 10.5. The Hall–Kier alpha value is -2.54.